The maximum absolute atomic E-state index is 10.6. The number of aliphatic carboxylic acids is 1. The van der Waals surface area contributed by atoms with Gasteiger partial charge in [0.15, 0.2) is 0 Å². The number of carbonyl (C=O) groups is 1. The molecule has 0 spiro atoms. The van der Waals surface area contributed by atoms with Gasteiger partial charge in [0.05, 0.1) is 0 Å². The van der Waals surface area contributed by atoms with Gasteiger partial charge in [-0.1, -0.05) is 50.1 Å². The van der Waals surface area contributed by atoms with Gasteiger partial charge in [-0.2, -0.15) is 0 Å². The standard InChI is InChI=1S/C9H8Br2O2/c10-7-4-2-1-3-6(7)5-8(11)9(12)13/h1-4,8H,5H2,(H,12,13)/t8-/m0/s1. The number of carboxylic acid groups (broad SMARTS) is 1. The first-order valence-electron chi connectivity index (χ1n) is 3.71. The van der Waals surface area contributed by atoms with Gasteiger partial charge in [-0.05, 0) is 18.1 Å². The van der Waals surface area contributed by atoms with Gasteiger partial charge in [-0.3, -0.25) is 4.79 Å². The fourth-order valence-corrected chi connectivity index (χ4v) is 1.74. The maximum atomic E-state index is 10.6. The van der Waals surface area contributed by atoms with Crippen LogP contribution >= 0.6 is 31.9 Å². The molecule has 13 heavy (non-hydrogen) atoms. The number of alkyl halides is 1. The van der Waals surface area contributed by atoms with Crippen molar-refractivity contribution in [2.75, 3.05) is 0 Å². The van der Waals surface area contributed by atoms with Crippen molar-refractivity contribution in [1.82, 2.24) is 0 Å². The fourth-order valence-electron chi connectivity index (χ4n) is 0.944. The molecule has 0 heterocycles. The Labute approximate surface area is 93.2 Å². The lowest BCUT2D eigenvalue weighted by atomic mass is 10.1. The molecule has 0 fully saturated rings. The average molecular weight is 308 g/mol. The summed E-state index contributed by atoms with van der Waals surface area (Å²) in [4.78, 5) is 10.0. The fraction of sp³-hybridized carbons (Fsp3) is 0.222. The van der Waals surface area contributed by atoms with Gasteiger partial charge in [0.25, 0.3) is 0 Å². The molecule has 1 atom stereocenters. The zero-order valence-electron chi connectivity index (χ0n) is 6.71. The Morgan fingerprint density at radius 2 is 2.08 bits per heavy atom. The Morgan fingerprint density at radius 3 is 2.62 bits per heavy atom. The molecular weight excluding hydrogens is 300 g/mol. The van der Waals surface area contributed by atoms with E-state index in [1.54, 1.807) is 0 Å². The van der Waals surface area contributed by atoms with Gasteiger partial charge < -0.3 is 5.11 Å². The summed E-state index contributed by atoms with van der Waals surface area (Å²) in [7, 11) is 0. The third kappa shape index (κ3) is 3.12. The molecule has 1 aromatic rings. The van der Waals surface area contributed by atoms with E-state index in [-0.39, 0.29) is 0 Å². The van der Waals surface area contributed by atoms with Crippen molar-refractivity contribution in [3.63, 3.8) is 0 Å². The molecule has 70 valence electrons. The summed E-state index contributed by atoms with van der Waals surface area (Å²) >= 11 is 6.45. The molecule has 0 unspecified atom stereocenters. The van der Waals surface area contributed by atoms with Gasteiger partial charge in [0.1, 0.15) is 4.83 Å². The molecule has 0 saturated carbocycles. The van der Waals surface area contributed by atoms with E-state index in [2.05, 4.69) is 31.9 Å². The van der Waals surface area contributed by atoms with Crippen LogP contribution in [-0.4, -0.2) is 15.9 Å². The monoisotopic (exact) mass is 306 g/mol. The van der Waals surface area contributed by atoms with E-state index in [4.69, 9.17) is 5.11 Å². The van der Waals surface area contributed by atoms with Crippen molar-refractivity contribution in [3.05, 3.63) is 34.3 Å². The van der Waals surface area contributed by atoms with Crippen LogP contribution in [0.2, 0.25) is 0 Å². The van der Waals surface area contributed by atoms with Crippen LogP contribution in [0.15, 0.2) is 28.7 Å². The van der Waals surface area contributed by atoms with Crippen molar-refractivity contribution in [1.29, 1.82) is 0 Å². The van der Waals surface area contributed by atoms with E-state index in [1.807, 2.05) is 24.3 Å². The Kier molecular flexibility index (Phi) is 3.93. The van der Waals surface area contributed by atoms with Crippen LogP contribution in [-0.2, 0) is 11.2 Å². The molecule has 0 aliphatic rings. The van der Waals surface area contributed by atoms with Gasteiger partial charge in [0, 0.05) is 4.47 Å². The lowest BCUT2D eigenvalue weighted by molar-refractivity contribution is -0.136. The molecule has 0 aliphatic heterocycles. The minimum atomic E-state index is -0.837. The first kappa shape index (κ1) is 10.7. The summed E-state index contributed by atoms with van der Waals surface area (Å²) in [6.07, 6.45) is 0.483. The zero-order valence-corrected chi connectivity index (χ0v) is 9.88. The van der Waals surface area contributed by atoms with Crippen molar-refractivity contribution in [3.8, 4) is 0 Å². The molecule has 0 amide bonds. The van der Waals surface area contributed by atoms with E-state index in [0.717, 1.165) is 10.0 Å². The Hall–Kier alpha value is -0.350. The molecule has 0 bridgehead atoms. The Morgan fingerprint density at radius 1 is 1.46 bits per heavy atom. The van der Waals surface area contributed by atoms with Gasteiger partial charge in [0.2, 0.25) is 0 Å². The van der Waals surface area contributed by atoms with E-state index in [0.29, 0.717) is 6.42 Å². The zero-order chi connectivity index (χ0) is 9.84. The first-order chi connectivity index (χ1) is 6.11. The summed E-state index contributed by atoms with van der Waals surface area (Å²) in [5, 5.41) is 8.67. The third-order valence-corrected chi connectivity index (χ3v) is 3.11. The lowest BCUT2D eigenvalue weighted by Crippen LogP contribution is -2.15. The molecule has 2 nitrogen and oxygen atoms in total. The van der Waals surface area contributed by atoms with Crippen LogP contribution in [0.4, 0.5) is 0 Å². The maximum Gasteiger partial charge on any atom is 0.317 e. The summed E-state index contributed by atoms with van der Waals surface area (Å²) < 4.78 is 0.945. The Balaban J connectivity index is 2.74. The highest BCUT2D eigenvalue weighted by Crippen LogP contribution is 2.19. The quantitative estimate of drug-likeness (QED) is 0.872. The van der Waals surface area contributed by atoms with Crippen LogP contribution in [0, 0.1) is 0 Å². The molecule has 0 radical (unpaired) electrons. The van der Waals surface area contributed by atoms with E-state index in [9.17, 15) is 4.79 Å². The summed E-state index contributed by atoms with van der Waals surface area (Å²) in [6.45, 7) is 0. The molecule has 1 N–H and O–H groups in total. The molecule has 0 saturated heterocycles. The highest BCUT2D eigenvalue weighted by Gasteiger charge is 2.14. The largest absolute Gasteiger partial charge is 0.480 e. The molecular formula is C9H8Br2O2. The second-order valence-corrected chi connectivity index (χ2v) is 4.56. The summed E-state index contributed by atoms with van der Waals surface area (Å²) in [5.74, 6) is -0.837. The van der Waals surface area contributed by atoms with Crippen molar-refractivity contribution in [2.45, 2.75) is 11.2 Å². The van der Waals surface area contributed by atoms with Gasteiger partial charge >= 0.3 is 5.97 Å². The number of benzene rings is 1. The van der Waals surface area contributed by atoms with Crippen LogP contribution in [0.25, 0.3) is 0 Å². The minimum absolute atomic E-state index is 0.483. The van der Waals surface area contributed by atoms with Gasteiger partial charge in [-0.15, -0.1) is 0 Å². The second-order valence-electron chi connectivity index (χ2n) is 2.60. The predicted octanol–water partition coefficient (Wildman–Crippen LogP) is 2.84. The van der Waals surface area contributed by atoms with Crippen LogP contribution < -0.4 is 0 Å². The molecule has 0 aliphatic carbocycles. The van der Waals surface area contributed by atoms with Crippen LogP contribution in [0.3, 0.4) is 0 Å². The highest BCUT2D eigenvalue weighted by molar-refractivity contribution is 9.10. The number of carboxylic acids is 1. The summed E-state index contributed by atoms with van der Waals surface area (Å²) in [6, 6.07) is 7.59. The number of rotatable bonds is 3. The number of hydrogen-bond donors (Lipinski definition) is 1. The van der Waals surface area contributed by atoms with Crippen LogP contribution in [0.5, 0.6) is 0 Å². The topological polar surface area (TPSA) is 37.3 Å². The normalized spacial score (nSPS) is 12.5. The summed E-state index contributed by atoms with van der Waals surface area (Å²) in [5.41, 5.74) is 0.992. The predicted molar refractivity (Wildman–Crippen MR) is 58.2 cm³/mol. The molecule has 1 rings (SSSR count). The molecule has 4 heteroatoms. The second kappa shape index (κ2) is 4.77. The molecule has 1 aromatic carbocycles. The van der Waals surface area contributed by atoms with Gasteiger partial charge in [-0.25, -0.2) is 0 Å². The Bertz CT molecular complexity index is 312. The number of hydrogen-bond acceptors (Lipinski definition) is 1. The lowest BCUT2D eigenvalue weighted by Gasteiger charge is -2.06. The van der Waals surface area contributed by atoms with E-state index >= 15 is 0 Å². The average Bonchev–Trinajstić information content (AvgIpc) is 2.08. The first-order valence-corrected chi connectivity index (χ1v) is 5.42. The third-order valence-electron chi connectivity index (χ3n) is 1.62. The van der Waals surface area contributed by atoms with E-state index in [1.165, 1.54) is 0 Å². The minimum Gasteiger partial charge on any atom is -0.480 e. The van der Waals surface area contributed by atoms with Crippen molar-refractivity contribution < 1.29 is 9.90 Å². The molecule has 0 aromatic heterocycles. The highest BCUT2D eigenvalue weighted by atomic mass is 79.9. The van der Waals surface area contributed by atoms with Crippen molar-refractivity contribution in [2.24, 2.45) is 0 Å². The smallest absolute Gasteiger partial charge is 0.317 e. The number of halogens is 2. The SMILES string of the molecule is O=C(O)[C@@H](Br)Cc1ccccc1Br. The van der Waals surface area contributed by atoms with Crippen molar-refractivity contribution >= 4 is 37.8 Å². The van der Waals surface area contributed by atoms with E-state index < -0.39 is 10.8 Å². The van der Waals surface area contributed by atoms with Crippen LogP contribution in [0.1, 0.15) is 5.56 Å².